The fraction of sp³-hybridized carbons (Fsp3) is 0.385. The number of anilines is 1. The van der Waals surface area contributed by atoms with Gasteiger partial charge in [-0.2, -0.15) is 0 Å². The quantitative estimate of drug-likeness (QED) is 0.793. The molecule has 1 aliphatic rings. The summed E-state index contributed by atoms with van der Waals surface area (Å²) in [5.74, 6) is 0.00261. The minimum atomic E-state index is -0.306. The van der Waals surface area contributed by atoms with E-state index in [0.717, 1.165) is 5.56 Å². The smallest absolute Gasteiger partial charge is 0.274 e. The van der Waals surface area contributed by atoms with Gasteiger partial charge in [0.15, 0.2) is 0 Å². The molecule has 18 heavy (non-hydrogen) atoms. The fourth-order valence-electron chi connectivity index (χ4n) is 1.69. The van der Waals surface area contributed by atoms with Gasteiger partial charge in [0, 0.05) is 11.3 Å². The van der Waals surface area contributed by atoms with Crippen LogP contribution in [0.3, 0.4) is 0 Å². The molecule has 1 aromatic rings. The second-order valence-corrected chi connectivity index (χ2v) is 4.73. The van der Waals surface area contributed by atoms with E-state index in [4.69, 9.17) is 4.84 Å². The van der Waals surface area contributed by atoms with Crippen molar-refractivity contribution in [1.82, 2.24) is 5.48 Å². The lowest BCUT2D eigenvalue weighted by Crippen LogP contribution is -2.25. The van der Waals surface area contributed by atoms with Crippen molar-refractivity contribution in [2.75, 3.05) is 11.9 Å². The third kappa shape index (κ3) is 2.87. The Labute approximate surface area is 105 Å². The maximum Gasteiger partial charge on any atom is 0.274 e. The van der Waals surface area contributed by atoms with Gasteiger partial charge in [-0.1, -0.05) is 19.9 Å². The standard InChI is InChI=1S/C13H16N2O3/c1-8(2)7-18-15-13(17)10-4-3-9-6-12(16)14-11(9)5-10/h3-5,8H,6-7H2,1-2H3,(H,14,16)(H,15,17). The molecule has 0 aromatic heterocycles. The molecule has 2 amide bonds. The molecule has 1 heterocycles. The van der Waals surface area contributed by atoms with Gasteiger partial charge in [-0.05, 0) is 23.6 Å². The molecule has 0 bridgehead atoms. The first kappa shape index (κ1) is 12.6. The van der Waals surface area contributed by atoms with Crippen molar-refractivity contribution in [3.05, 3.63) is 29.3 Å². The highest BCUT2D eigenvalue weighted by molar-refractivity contribution is 6.02. The topological polar surface area (TPSA) is 67.4 Å². The van der Waals surface area contributed by atoms with E-state index in [-0.39, 0.29) is 11.8 Å². The van der Waals surface area contributed by atoms with Crippen molar-refractivity contribution in [2.24, 2.45) is 5.92 Å². The Kier molecular flexibility index (Phi) is 3.62. The molecular formula is C13H16N2O3. The van der Waals surface area contributed by atoms with Gasteiger partial charge in [0.1, 0.15) is 0 Å². The van der Waals surface area contributed by atoms with Crippen LogP contribution in [-0.4, -0.2) is 18.4 Å². The van der Waals surface area contributed by atoms with Gasteiger partial charge >= 0.3 is 0 Å². The maximum atomic E-state index is 11.8. The Morgan fingerprint density at radius 1 is 1.50 bits per heavy atom. The van der Waals surface area contributed by atoms with Gasteiger partial charge < -0.3 is 5.32 Å². The molecule has 2 N–H and O–H groups in total. The molecule has 0 spiro atoms. The summed E-state index contributed by atoms with van der Waals surface area (Å²) in [6.07, 6.45) is 0.376. The van der Waals surface area contributed by atoms with Gasteiger partial charge in [-0.15, -0.1) is 0 Å². The van der Waals surface area contributed by atoms with E-state index in [1.54, 1.807) is 18.2 Å². The maximum absolute atomic E-state index is 11.8. The van der Waals surface area contributed by atoms with Gasteiger partial charge in [0.25, 0.3) is 5.91 Å². The molecule has 0 saturated carbocycles. The summed E-state index contributed by atoms with van der Waals surface area (Å²) in [6.45, 7) is 4.46. The van der Waals surface area contributed by atoms with E-state index in [2.05, 4.69) is 10.8 Å². The monoisotopic (exact) mass is 248 g/mol. The fourth-order valence-corrected chi connectivity index (χ4v) is 1.69. The summed E-state index contributed by atoms with van der Waals surface area (Å²) < 4.78 is 0. The van der Waals surface area contributed by atoms with E-state index in [1.165, 1.54) is 0 Å². The highest BCUT2D eigenvalue weighted by Gasteiger charge is 2.19. The number of fused-ring (bicyclic) bond motifs is 1. The zero-order chi connectivity index (χ0) is 13.1. The molecule has 5 nitrogen and oxygen atoms in total. The van der Waals surface area contributed by atoms with E-state index < -0.39 is 0 Å². The van der Waals surface area contributed by atoms with Crippen LogP contribution in [0.15, 0.2) is 18.2 Å². The highest BCUT2D eigenvalue weighted by atomic mass is 16.6. The number of hydrogen-bond donors (Lipinski definition) is 2. The van der Waals surface area contributed by atoms with Crippen LogP contribution in [0, 0.1) is 5.92 Å². The second-order valence-electron chi connectivity index (χ2n) is 4.73. The minimum absolute atomic E-state index is 0.0429. The van der Waals surface area contributed by atoms with Crippen molar-refractivity contribution in [3.8, 4) is 0 Å². The molecular weight excluding hydrogens is 232 g/mol. The minimum Gasteiger partial charge on any atom is -0.326 e. The summed E-state index contributed by atoms with van der Waals surface area (Å²) in [7, 11) is 0. The number of benzene rings is 1. The van der Waals surface area contributed by atoms with E-state index in [1.807, 2.05) is 13.8 Å². The molecule has 96 valence electrons. The van der Waals surface area contributed by atoms with Crippen LogP contribution in [0.1, 0.15) is 29.8 Å². The summed E-state index contributed by atoms with van der Waals surface area (Å²) >= 11 is 0. The zero-order valence-corrected chi connectivity index (χ0v) is 10.4. The molecule has 1 aromatic carbocycles. The number of amides is 2. The largest absolute Gasteiger partial charge is 0.326 e. The Morgan fingerprint density at radius 3 is 3.00 bits per heavy atom. The predicted octanol–water partition coefficient (Wildman–Crippen LogP) is 1.50. The third-order valence-electron chi connectivity index (χ3n) is 2.58. The molecule has 2 rings (SSSR count). The van der Waals surface area contributed by atoms with E-state index >= 15 is 0 Å². The number of carbonyl (C=O) groups excluding carboxylic acids is 2. The molecule has 0 aliphatic carbocycles. The van der Waals surface area contributed by atoms with Crippen molar-refractivity contribution >= 4 is 17.5 Å². The first-order chi connectivity index (χ1) is 8.56. The molecule has 0 unspecified atom stereocenters. The molecule has 5 heteroatoms. The molecule has 0 fully saturated rings. The van der Waals surface area contributed by atoms with Gasteiger partial charge in [-0.25, -0.2) is 5.48 Å². The number of hydroxylamine groups is 1. The van der Waals surface area contributed by atoms with Gasteiger partial charge in [-0.3, -0.25) is 14.4 Å². The lowest BCUT2D eigenvalue weighted by molar-refractivity contribution is -0.115. The van der Waals surface area contributed by atoms with Crippen LogP contribution >= 0.6 is 0 Å². The van der Waals surface area contributed by atoms with Crippen LogP contribution in [-0.2, 0) is 16.1 Å². The Hall–Kier alpha value is -1.88. The molecule has 1 aliphatic heterocycles. The van der Waals surface area contributed by atoms with Crippen LogP contribution in [0.25, 0.3) is 0 Å². The first-order valence-electron chi connectivity index (χ1n) is 5.91. The lowest BCUT2D eigenvalue weighted by Gasteiger charge is -2.08. The van der Waals surface area contributed by atoms with Crippen molar-refractivity contribution < 1.29 is 14.4 Å². The second kappa shape index (κ2) is 5.18. The van der Waals surface area contributed by atoms with Crippen molar-refractivity contribution in [3.63, 3.8) is 0 Å². The number of nitrogens with one attached hydrogen (secondary N) is 2. The molecule has 0 saturated heterocycles. The van der Waals surface area contributed by atoms with Gasteiger partial charge in [0.05, 0.1) is 13.0 Å². The van der Waals surface area contributed by atoms with Crippen LogP contribution in [0.5, 0.6) is 0 Å². The third-order valence-corrected chi connectivity index (χ3v) is 2.58. The average Bonchev–Trinajstić information content (AvgIpc) is 2.67. The van der Waals surface area contributed by atoms with E-state index in [9.17, 15) is 9.59 Å². The zero-order valence-electron chi connectivity index (χ0n) is 10.4. The molecule has 0 atom stereocenters. The summed E-state index contributed by atoms with van der Waals surface area (Å²) in [5, 5.41) is 2.71. The van der Waals surface area contributed by atoms with E-state index in [0.29, 0.717) is 30.2 Å². The van der Waals surface area contributed by atoms with Gasteiger partial charge in [0.2, 0.25) is 5.91 Å². The Morgan fingerprint density at radius 2 is 2.28 bits per heavy atom. The number of rotatable bonds is 4. The Balaban J connectivity index is 1.99. The average molecular weight is 248 g/mol. The first-order valence-corrected chi connectivity index (χ1v) is 5.91. The highest BCUT2D eigenvalue weighted by Crippen LogP contribution is 2.23. The normalized spacial score (nSPS) is 13.4. The SMILES string of the molecule is CC(C)CONC(=O)c1ccc2c(c1)NC(=O)C2. The van der Waals surface area contributed by atoms with Crippen LogP contribution in [0.4, 0.5) is 5.69 Å². The Bertz CT molecular complexity index is 483. The summed E-state index contributed by atoms with van der Waals surface area (Å²) in [4.78, 5) is 28.0. The summed E-state index contributed by atoms with van der Waals surface area (Å²) in [6, 6.07) is 5.13. The summed E-state index contributed by atoms with van der Waals surface area (Å²) in [5.41, 5.74) is 4.47. The number of carbonyl (C=O) groups is 2. The molecule has 0 radical (unpaired) electrons. The van der Waals surface area contributed by atoms with Crippen LogP contribution in [0.2, 0.25) is 0 Å². The van der Waals surface area contributed by atoms with Crippen LogP contribution < -0.4 is 10.8 Å². The van der Waals surface area contributed by atoms with Crippen molar-refractivity contribution in [2.45, 2.75) is 20.3 Å². The predicted molar refractivity (Wildman–Crippen MR) is 67.0 cm³/mol. The lowest BCUT2D eigenvalue weighted by atomic mass is 10.1. The van der Waals surface area contributed by atoms with Crippen molar-refractivity contribution in [1.29, 1.82) is 0 Å². The number of hydrogen-bond acceptors (Lipinski definition) is 3.